The molecular formula is C15H22ClN3O2. The van der Waals surface area contributed by atoms with Gasteiger partial charge in [0.25, 0.3) is 5.91 Å². The number of anilines is 1. The molecule has 1 aromatic rings. The molecule has 21 heavy (non-hydrogen) atoms. The first-order chi connectivity index (χ1) is 9.86. The third-order valence-corrected chi connectivity index (χ3v) is 3.51. The highest BCUT2D eigenvalue weighted by Crippen LogP contribution is 2.24. The number of hydrogen-bond donors (Lipinski definition) is 2. The van der Waals surface area contributed by atoms with Crippen molar-refractivity contribution in [3.8, 4) is 0 Å². The lowest BCUT2D eigenvalue weighted by molar-refractivity contribution is -0.116. The average molecular weight is 312 g/mol. The van der Waals surface area contributed by atoms with Crippen molar-refractivity contribution in [1.82, 2.24) is 10.2 Å². The molecule has 0 saturated heterocycles. The van der Waals surface area contributed by atoms with Gasteiger partial charge in [0.1, 0.15) is 0 Å². The maximum absolute atomic E-state index is 12.3. The van der Waals surface area contributed by atoms with Gasteiger partial charge in [-0.05, 0) is 39.1 Å². The fourth-order valence-corrected chi connectivity index (χ4v) is 1.81. The molecule has 0 saturated carbocycles. The van der Waals surface area contributed by atoms with Crippen LogP contribution < -0.4 is 10.6 Å². The molecular weight excluding hydrogens is 290 g/mol. The summed E-state index contributed by atoms with van der Waals surface area (Å²) in [4.78, 5) is 25.6. The molecule has 6 heteroatoms. The predicted octanol–water partition coefficient (Wildman–Crippen LogP) is 2.37. The quantitative estimate of drug-likeness (QED) is 0.848. The molecule has 1 aromatic carbocycles. The minimum atomic E-state index is -0.145. The maximum Gasteiger partial charge on any atom is 0.253 e. The van der Waals surface area contributed by atoms with E-state index in [1.165, 1.54) is 0 Å². The van der Waals surface area contributed by atoms with Gasteiger partial charge in [0, 0.05) is 31.6 Å². The van der Waals surface area contributed by atoms with Gasteiger partial charge in [0.2, 0.25) is 5.91 Å². The number of benzene rings is 1. The smallest absolute Gasteiger partial charge is 0.253 e. The normalized spacial score (nSPS) is 10.6. The molecule has 2 amide bonds. The van der Waals surface area contributed by atoms with Crippen LogP contribution in [0.4, 0.5) is 5.69 Å². The Morgan fingerprint density at radius 3 is 2.57 bits per heavy atom. The summed E-state index contributed by atoms with van der Waals surface area (Å²) in [5.41, 5.74) is 0.959. The van der Waals surface area contributed by atoms with Crippen LogP contribution in [-0.4, -0.2) is 43.4 Å². The Morgan fingerprint density at radius 2 is 2.00 bits per heavy atom. The number of nitrogens with one attached hydrogen (secondary N) is 2. The second kappa shape index (κ2) is 8.00. The second-order valence-electron chi connectivity index (χ2n) is 5.11. The first-order valence-electron chi connectivity index (χ1n) is 6.88. The van der Waals surface area contributed by atoms with E-state index in [1.807, 2.05) is 13.8 Å². The van der Waals surface area contributed by atoms with Crippen molar-refractivity contribution in [1.29, 1.82) is 0 Å². The maximum atomic E-state index is 12.3. The fourth-order valence-electron chi connectivity index (χ4n) is 1.64. The summed E-state index contributed by atoms with van der Waals surface area (Å²) in [5, 5.41) is 6.04. The summed E-state index contributed by atoms with van der Waals surface area (Å²) in [6.07, 6.45) is 0.344. The number of amides is 2. The van der Waals surface area contributed by atoms with Crippen LogP contribution in [0.5, 0.6) is 0 Å². The van der Waals surface area contributed by atoms with Crippen molar-refractivity contribution in [2.24, 2.45) is 0 Å². The molecule has 0 fully saturated rings. The first-order valence-corrected chi connectivity index (χ1v) is 7.25. The molecule has 0 heterocycles. The molecule has 0 aromatic heterocycles. The van der Waals surface area contributed by atoms with Crippen molar-refractivity contribution in [2.75, 3.05) is 26.0 Å². The second-order valence-corrected chi connectivity index (χ2v) is 5.51. The van der Waals surface area contributed by atoms with Crippen molar-refractivity contribution >= 4 is 29.1 Å². The number of carbonyl (C=O) groups is 2. The van der Waals surface area contributed by atoms with Gasteiger partial charge in [0.15, 0.2) is 0 Å². The van der Waals surface area contributed by atoms with Gasteiger partial charge in [-0.15, -0.1) is 0 Å². The Hall–Kier alpha value is -1.59. The standard InChI is InChI=1S/C15H22ClN3O2/c1-10(2)19(4)15(21)11-5-6-12(16)13(9-11)18-14(20)7-8-17-3/h5-6,9-10,17H,7-8H2,1-4H3,(H,18,20). The molecule has 0 bridgehead atoms. The number of carbonyl (C=O) groups excluding carboxylic acids is 2. The molecule has 0 radical (unpaired) electrons. The van der Waals surface area contributed by atoms with Gasteiger partial charge >= 0.3 is 0 Å². The van der Waals surface area contributed by atoms with Crippen LogP contribution in [0.25, 0.3) is 0 Å². The van der Waals surface area contributed by atoms with Crippen LogP contribution in [0.3, 0.4) is 0 Å². The van der Waals surface area contributed by atoms with Crippen LogP contribution in [0.15, 0.2) is 18.2 Å². The highest BCUT2D eigenvalue weighted by Gasteiger charge is 2.16. The molecule has 1 rings (SSSR count). The molecule has 0 aliphatic carbocycles. The van der Waals surface area contributed by atoms with E-state index in [4.69, 9.17) is 11.6 Å². The lowest BCUT2D eigenvalue weighted by atomic mass is 10.1. The lowest BCUT2D eigenvalue weighted by Gasteiger charge is -2.22. The summed E-state index contributed by atoms with van der Waals surface area (Å²) < 4.78 is 0. The monoisotopic (exact) mass is 311 g/mol. The van der Waals surface area contributed by atoms with E-state index in [9.17, 15) is 9.59 Å². The van der Waals surface area contributed by atoms with Crippen LogP contribution in [0.1, 0.15) is 30.6 Å². The Labute approximate surface area is 130 Å². The van der Waals surface area contributed by atoms with Gasteiger partial charge < -0.3 is 15.5 Å². The summed E-state index contributed by atoms with van der Waals surface area (Å²) in [6, 6.07) is 4.99. The zero-order chi connectivity index (χ0) is 16.0. The van der Waals surface area contributed by atoms with E-state index < -0.39 is 0 Å². The van der Waals surface area contributed by atoms with Crippen molar-refractivity contribution < 1.29 is 9.59 Å². The summed E-state index contributed by atoms with van der Waals surface area (Å²) in [7, 11) is 3.52. The number of hydrogen-bond acceptors (Lipinski definition) is 3. The van der Waals surface area contributed by atoms with Gasteiger partial charge in [-0.2, -0.15) is 0 Å². The number of rotatable bonds is 6. The third kappa shape index (κ3) is 5.02. The highest BCUT2D eigenvalue weighted by atomic mass is 35.5. The van der Waals surface area contributed by atoms with E-state index in [0.717, 1.165) is 0 Å². The zero-order valence-corrected chi connectivity index (χ0v) is 13.6. The fraction of sp³-hybridized carbons (Fsp3) is 0.467. The largest absolute Gasteiger partial charge is 0.339 e. The summed E-state index contributed by atoms with van der Waals surface area (Å²) in [5.74, 6) is -0.250. The van der Waals surface area contributed by atoms with E-state index in [2.05, 4.69) is 10.6 Å². The molecule has 0 spiro atoms. The van der Waals surface area contributed by atoms with Gasteiger partial charge in [-0.1, -0.05) is 11.6 Å². The van der Waals surface area contributed by atoms with E-state index in [-0.39, 0.29) is 17.9 Å². The van der Waals surface area contributed by atoms with Crippen molar-refractivity contribution in [2.45, 2.75) is 26.3 Å². The molecule has 0 unspecified atom stereocenters. The van der Waals surface area contributed by atoms with E-state index >= 15 is 0 Å². The zero-order valence-electron chi connectivity index (χ0n) is 12.9. The number of halogens is 1. The van der Waals surface area contributed by atoms with E-state index in [0.29, 0.717) is 29.2 Å². The molecule has 0 aliphatic heterocycles. The summed E-state index contributed by atoms with van der Waals surface area (Å²) in [6.45, 7) is 4.46. The van der Waals surface area contributed by atoms with Crippen molar-refractivity contribution in [3.05, 3.63) is 28.8 Å². The molecule has 0 atom stereocenters. The molecule has 116 valence electrons. The van der Waals surface area contributed by atoms with E-state index in [1.54, 1.807) is 37.2 Å². The Kier molecular flexibility index (Phi) is 6.65. The Balaban J connectivity index is 2.89. The van der Waals surface area contributed by atoms with Crippen LogP contribution in [0, 0.1) is 0 Å². The molecule has 2 N–H and O–H groups in total. The molecule has 0 aliphatic rings. The van der Waals surface area contributed by atoms with Crippen molar-refractivity contribution in [3.63, 3.8) is 0 Å². The van der Waals surface area contributed by atoms with Gasteiger partial charge in [-0.3, -0.25) is 9.59 Å². The van der Waals surface area contributed by atoms with Gasteiger partial charge in [-0.25, -0.2) is 0 Å². The third-order valence-electron chi connectivity index (χ3n) is 3.18. The topological polar surface area (TPSA) is 61.4 Å². The minimum absolute atomic E-state index is 0.0989. The SMILES string of the molecule is CNCCC(=O)Nc1cc(C(=O)N(C)C(C)C)ccc1Cl. The number of nitrogens with zero attached hydrogens (tertiary/aromatic N) is 1. The van der Waals surface area contributed by atoms with Gasteiger partial charge in [0.05, 0.1) is 10.7 Å². The Bertz CT molecular complexity index is 518. The first kappa shape index (κ1) is 17.5. The average Bonchev–Trinajstić information content (AvgIpc) is 2.45. The highest BCUT2D eigenvalue weighted by molar-refractivity contribution is 6.33. The van der Waals surface area contributed by atoms with Crippen LogP contribution in [-0.2, 0) is 4.79 Å². The van der Waals surface area contributed by atoms with Crippen LogP contribution in [0.2, 0.25) is 5.02 Å². The van der Waals surface area contributed by atoms with Crippen LogP contribution >= 0.6 is 11.6 Å². The summed E-state index contributed by atoms with van der Waals surface area (Å²) >= 11 is 6.07. The Morgan fingerprint density at radius 1 is 1.33 bits per heavy atom. The predicted molar refractivity (Wildman–Crippen MR) is 85.9 cm³/mol. The lowest BCUT2D eigenvalue weighted by Crippen LogP contribution is -2.33. The molecule has 5 nitrogen and oxygen atoms in total. The minimum Gasteiger partial charge on any atom is -0.339 e.